The maximum Gasteiger partial charge on any atom is 0.332 e. The Hall–Kier alpha value is -2.01. The molecule has 1 aromatic carbocycles. The van der Waals surface area contributed by atoms with Gasteiger partial charge < -0.3 is 5.32 Å². The van der Waals surface area contributed by atoms with E-state index < -0.39 is 0 Å². The molecule has 0 fully saturated rings. The molecule has 2 aromatic rings. The molecule has 0 aliphatic carbocycles. The third kappa shape index (κ3) is 2.88. The molecular formula is C13H14ClN3O2. The predicted octanol–water partition coefficient (Wildman–Crippen LogP) is 1.35. The summed E-state index contributed by atoms with van der Waals surface area (Å²) in [6, 6.07) is 8.78. The van der Waals surface area contributed by atoms with Gasteiger partial charge in [0.1, 0.15) is 5.82 Å². The maximum atomic E-state index is 11.7. The normalized spacial score (nSPS) is 10.5. The van der Waals surface area contributed by atoms with E-state index in [0.717, 1.165) is 10.1 Å². The van der Waals surface area contributed by atoms with Crippen molar-refractivity contribution in [1.29, 1.82) is 0 Å². The molecule has 5 nitrogen and oxygen atoms in total. The van der Waals surface area contributed by atoms with Crippen LogP contribution in [-0.4, -0.2) is 9.13 Å². The molecule has 0 saturated heterocycles. The molecule has 0 radical (unpaired) electrons. The zero-order valence-corrected chi connectivity index (χ0v) is 11.4. The number of hydrogen-bond acceptors (Lipinski definition) is 3. The second-order valence-electron chi connectivity index (χ2n) is 4.25. The lowest BCUT2D eigenvalue weighted by molar-refractivity contribution is 0.688. The number of hydrogen-bond donors (Lipinski definition) is 1. The van der Waals surface area contributed by atoms with E-state index in [0.29, 0.717) is 17.4 Å². The molecule has 100 valence electrons. The van der Waals surface area contributed by atoms with Crippen LogP contribution in [0.4, 0.5) is 5.82 Å². The van der Waals surface area contributed by atoms with Gasteiger partial charge in [-0.2, -0.15) is 0 Å². The number of nitrogens with one attached hydrogen (secondary N) is 1. The molecule has 0 unspecified atom stereocenters. The van der Waals surface area contributed by atoms with E-state index in [1.165, 1.54) is 17.7 Å². The average Bonchev–Trinajstić information content (AvgIpc) is 2.39. The molecule has 0 atom stereocenters. The van der Waals surface area contributed by atoms with Gasteiger partial charge in [-0.25, -0.2) is 4.79 Å². The van der Waals surface area contributed by atoms with Gasteiger partial charge in [0.25, 0.3) is 5.56 Å². The van der Waals surface area contributed by atoms with Gasteiger partial charge in [0.15, 0.2) is 0 Å². The average molecular weight is 280 g/mol. The second-order valence-corrected chi connectivity index (χ2v) is 4.69. The smallest absolute Gasteiger partial charge is 0.332 e. The maximum absolute atomic E-state index is 11.7. The zero-order chi connectivity index (χ0) is 14.0. The lowest BCUT2D eigenvalue weighted by Gasteiger charge is -2.11. The summed E-state index contributed by atoms with van der Waals surface area (Å²) >= 11 is 5.89. The van der Waals surface area contributed by atoms with Crippen LogP contribution in [0, 0.1) is 0 Å². The molecule has 0 aliphatic rings. The fourth-order valence-corrected chi connectivity index (χ4v) is 1.95. The molecule has 1 heterocycles. The van der Waals surface area contributed by atoms with E-state index in [1.54, 1.807) is 13.1 Å². The van der Waals surface area contributed by atoms with Crippen molar-refractivity contribution in [1.82, 2.24) is 9.13 Å². The molecule has 0 amide bonds. The van der Waals surface area contributed by atoms with Crippen LogP contribution in [0.15, 0.2) is 39.9 Å². The van der Waals surface area contributed by atoms with Crippen molar-refractivity contribution in [2.45, 2.75) is 6.54 Å². The van der Waals surface area contributed by atoms with E-state index in [4.69, 9.17) is 11.6 Å². The van der Waals surface area contributed by atoms with E-state index in [2.05, 4.69) is 5.32 Å². The first-order chi connectivity index (χ1) is 8.99. The highest BCUT2D eigenvalue weighted by atomic mass is 35.5. The minimum absolute atomic E-state index is 0.336. The van der Waals surface area contributed by atoms with Gasteiger partial charge in [-0.3, -0.25) is 13.9 Å². The Kier molecular flexibility index (Phi) is 3.76. The standard InChI is InChI=1S/C13H14ClN3O2/c1-16-11(7-12(18)17(2)13(16)19)15-8-9-4-3-5-10(14)6-9/h3-7,15H,8H2,1-2H3. The quantitative estimate of drug-likeness (QED) is 0.923. The van der Waals surface area contributed by atoms with Gasteiger partial charge in [-0.05, 0) is 17.7 Å². The van der Waals surface area contributed by atoms with E-state index >= 15 is 0 Å². The molecule has 0 spiro atoms. The first-order valence-corrected chi connectivity index (χ1v) is 6.12. The van der Waals surface area contributed by atoms with Crippen molar-refractivity contribution in [3.8, 4) is 0 Å². The minimum atomic E-state index is -0.360. The lowest BCUT2D eigenvalue weighted by Crippen LogP contribution is -2.37. The molecule has 0 saturated carbocycles. The van der Waals surface area contributed by atoms with Crippen LogP contribution in [0.25, 0.3) is 0 Å². The van der Waals surface area contributed by atoms with Gasteiger partial charge >= 0.3 is 5.69 Å². The number of benzene rings is 1. The Morgan fingerprint density at radius 2 is 1.89 bits per heavy atom. The summed E-state index contributed by atoms with van der Waals surface area (Å²) in [4.78, 5) is 23.3. The Balaban J connectivity index is 2.26. The number of rotatable bonds is 3. The Morgan fingerprint density at radius 3 is 2.58 bits per heavy atom. The fraction of sp³-hybridized carbons (Fsp3) is 0.231. The van der Waals surface area contributed by atoms with E-state index in [1.807, 2.05) is 18.2 Å². The third-order valence-corrected chi connectivity index (χ3v) is 3.12. The SMILES string of the molecule is Cn1c(NCc2cccc(Cl)c2)cc(=O)n(C)c1=O. The minimum Gasteiger partial charge on any atom is -0.367 e. The van der Waals surface area contributed by atoms with Crippen LogP contribution in [0.1, 0.15) is 5.56 Å². The molecule has 0 aliphatic heterocycles. The Labute approximate surface area is 115 Å². The van der Waals surface area contributed by atoms with Gasteiger partial charge in [0.2, 0.25) is 0 Å². The van der Waals surface area contributed by atoms with Crippen LogP contribution in [-0.2, 0) is 20.6 Å². The highest BCUT2D eigenvalue weighted by Gasteiger charge is 2.05. The van der Waals surface area contributed by atoms with Crippen molar-refractivity contribution < 1.29 is 0 Å². The van der Waals surface area contributed by atoms with Gasteiger partial charge in [-0.1, -0.05) is 23.7 Å². The van der Waals surface area contributed by atoms with Crippen LogP contribution in [0.3, 0.4) is 0 Å². The van der Waals surface area contributed by atoms with Gasteiger partial charge in [0, 0.05) is 31.7 Å². The Morgan fingerprint density at radius 1 is 1.16 bits per heavy atom. The molecule has 1 aromatic heterocycles. The molecular weight excluding hydrogens is 266 g/mol. The first-order valence-electron chi connectivity index (χ1n) is 5.74. The first kappa shape index (κ1) is 13.4. The lowest BCUT2D eigenvalue weighted by atomic mass is 10.2. The number of aromatic nitrogens is 2. The molecule has 2 rings (SSSR count). The van der Waals surface area contributed by atoms with Crippen molar-refractivity contribution in [2.75, 3.05) is 5.32 Å². The number of anilines is 1. The van der Waals surface area contributed by atoms with Crippen molar-refractivity contribution in [2.24, 2.45) is 14.1 Å². The zero-order valence-electron chi connectivity index (χ0n) is 10.7. The Bertz CT molecular complexity index is 719. The highest BCUT2D eigenvalue weighted by Crippen LogP contribution is 2.11. The van der Waals surface area contributed by atoms with Crippen molar-refractivity contribution in [3.63, 3.8) is 0 Å². The topological polar surface area (TPSA) is 56.0 Å². The number of halogens is 1. The predicted molar refractivity (Wildman–Crippen MR) is 75.7 cm³/mol. The molecule has 0 bridgehead atoms. The summed E-state index contributed by atoms with van der Waals surface area (Å²) in [6.07, 6.45) is 0. The van der Waals surface area contributed by atoms with Gasteiger partial charge in [-0.15, -0.1) is 0 Å². The molecule has 6 heteroatoms. The van der Waals surface area contributed by atoms with Crippen molar-refractivity contribution >= 4 is 17.4 Å². The molecule has 1 N–H and O–H groups in total. The highest BCUT2D eigenvalue weighted by molar-refractivity contribution is 6.30. The summed E-state index contributed by atoms with van der Waals surface area (Å²) in [7, 11) is 3.06. The van der Waals surface area contributed by atoms with Gasteiger partial charge in [0.05, 0.1) is 0 Å². The van der Waals surface area contributed by atoms with Crippen molar-refractivity contribution in [3.05, 3.63) is 61.8 Å². The van der Waals surface area contributed by atoms with Crippen LogP contribution in [0.2, 0.25) is 5.02 Å². The molecule has 19 heavy (non-hydrogen) atoms. The van der Waals surface area contributed by atoms with Crippen LogP contribution < -0.4 is 16.6 Å². The van der Waals surface area contributed by atoms with E-state index in [9.17, 15) is 9.59 Å². The summed E-state index contributed by atoms with van der Waals surface area (Å²) in [5, 5.41) is 3.71. The summed E-state index contributed by atoms with van der Waals surface area (Å²) in [5.74, 6) is 0.480. The monoisotopic (exact) mass is 279 g/mol. The summed E-state index contributed by atoms with van der Waals surface area (Å²) in [5.41, 5.74) is 0.276. The largest absolute Gasteiger partial charge is 0.367 e. The van der Waals surface area contributed by atoms with E-state index in [-0.39, 0.29) is 11.2 Å². The second kappa shape index (κ2) is 5.32. The number of nitrogens with zero attached hydrogens (tertiary/aromatic N) is 2. The summed E-state index contributed by atoms with van der Waals surface area (Å²) in [6.45, 7) is 0.487. The fourth-order valence-electron chi connectivity index (χ4n) is 1.74. The summed E-state index contributed by atoms with van der Waals surface area (Å²) < 4.78 is 2.45. The third-order valence-electron chi connectivity index (χ3n) is 2.89. The van der Waals surface area contributed by atoms with Crippen LogP contribution >= 0.6 is 11.6 Å². The van der Waals surface area contributed by atoms with Crippen LogP contribution in [0.5, 0.6) is 0 Å².